The lowest BCUT2D eigenvalue weighted by Crippen LogP contribution is -2.30. The Morgan fingerprint density at radius 1 is 1.12 bits per heavy atom. The van der Waals surface area contributed by atoms with Gasteiger partial charge in [-0.15, -0.1) is 0 Å². The van der Waals surface area contributed by atoms with Crippen molar-refractivity contribution in [3.8, 4) is 0 Å². The van der Waals surface area contributed by atoms with Gasteiger partial charge in [-0.25, -0.2) is 14.7 Å². The van der Waals surface area contributed by atoms with Gasteiger partial charge in [0.05, 0.1) is 17.9 Å². The quantitative estimate of drug-likeness (QED) is 0.210. The number of benzene rings is 1. The van der Waals surface area contributed by atoms with E-state index in [0.29, 0.717) is 24.3 Å². The van der Waals surface area contributed by atoms with Gasteiger partial charge in [-0.2, -0.15) is 0 Å². The average molecular weight is 361 g/mol. The highest BCUT2D eigenvalue weighted by Gasteiger charge is 2.29. The van der Waals surface area contributed by atoms with Gasteiger partial charge in [0.2, 0.25) is 0 Å². The Kier molecular flexibility index (Phi) is 7.08. The largest absolute Gasteiger partial charge is 0.352 e. The van der Waals surface area contributed by atoms with Gasteiger partial charge in [-0.05, 0) is 51.3 Å². The zero-order chi connectivity index (χ0) is 19.2. The molecule has 26 heavy (non-hydrogen) atoms. The maximum Gasteiger partial charge on any atom is 0.261 e. The Labute approximate surface area is 154 Å². The highest BCUT2D eigenvalue weighted by molar-refractivity contribution is 6.30. The third-order valence-corrected chi connectivity index (χ3v) is 4.10. The molecule has 1 aromatic rings. The topological polar surface area (TPSA) is 65.1 Å². The Bertz CT molecular complexity index is 663. The van der Waals surface area contributed by atoms with Gasteiger partial charge in [0.1, 0.15) is 0 Å². The van der Waals surface area contributed by atoms with Crippen LogP contribution in [0, 0.1) is 0 Å². The molecule has 6 nitrogen and oxygen atoms in total. The lowest BCUT2D eigenvalue weighted by atomic mass is 10.0. The molecule has 0 unspecified atom stereocenters. The number of amides is 2. The molecule has 0 aliphatic carbocycles. The molecule has 0 spiro atoms. The molecule has 1 aromatic carbocycles. The van der Waals surface area contributed by atoms with Crippen molar-refractivity contribution in [1.29, 1.82) is 0 Å². The highest BCUT2D eigenvalue weighted by Crippen LogP contribution is 2.22. The molecular formula is C20H27NO5. The number of nitrogens with zero attached hydrogens (tertiary/aromatic N) is 1. The molecule has 142 valence electrons. The fourth-order valence-corrected chi connectivity index (χ4v) is 2.75. The summed E-state index contributed by atoms with van der Waals surface area (Å²) in [7, 11) is 0. The van der Waals surface area contributed by atoms with Crippen molar-refractivity contribution in [2.45, 2.75) is 52.6 Å². The monoisotopic (exact) mass is 361 g/mol. The van der Waals surface area contributed by atoms with Crippen LogP contribution in [0.5, 0.6) is 0 Å². The first-order valence-electron chi connectivity index (χ1n) is 8.88. The molecule has 0 aromatic heterocycles. The van der Waals surface area contributed by atoms with Gasteiger partial charge in [-0.1, -0.05) is 25.5 Å². The van der Waals surface area contributed by atoms with Crippen LogP contribution in [0.1, 0.15) is 46.1 Å². The zero-order valence-corrected chi connectivity index (χ0v) is 15.9. The fraction of sp³-hybridized carbons (Fsp3) is 0.500. The number of hydrogen-bond donors (Lipinski definition) is 0. The summed E-state index contributed by atoms with van der Waals surface area (Å²) in [5.74, 6) is -0.569. The van der Waals surface area contributed by atoms with Crippen molar-refractivity contribution in [2.75, 3.05) is 18.3 Å². The summed E-state index contributed by atoms with van der Waals surface area (Å²) in [4.78, 5) is 35.4. The molecule has 0 radical (unpaired) electrons. The summed E-state index contributed by atoms with van der Waals surface area (Å²) >= 11 is 0. The lowest BCUT2D eigenvalue weighted by Gasteiger charge is -2.22. The summed E-state index contributed by atoms with van der Waals surface area (Å²) in [6.07, 6.45) is 3.99. The van der Waals surface area contributed by atoms with E-state index < -0.39 is 0 Å². The number of hydrogen-bond acceptors (Lipinski definition) is 5. The summed E-state index contributed by atoms with van der Waals surface area (Å²) in [6.45, 7) is 8.25. The van der Waals surface area contributed by atoms with E-state index >= 15 is 0 Å². The van der Waals surface area contributed by atoms with Crippen molar-refractivity contribution in [3.05, 3.63) is 41.5 Å². The van der Waals surface area contributed by atoms with Crippen LogP contribution in [0.4, 0.5) is 5.69 Å². The van der Waals surface area contributed by atoms with Gasteiger partial charge >= 0.3 is 0 Å². The maximum absolute atomic E-state index is 12.0. The van der Waals surface area contributed by atoms with Crippen molar-refractivity contribution in [2.24, 2.45) is 0 Å². The van der Waals surface area contributed by atoms with E-state index in [2.05, 4.69) is 6.92 Å². The number of imide groups is 1. The minimum atomic E-state index is -0.314. The summed E-state index contributed by atoms with van der Waals surface area (Å²) in [5, 5.41) is 0. The minimum Gasteiger partial charge on any atom is -0.352 e. The number of rotatable bonds is 10. The Morgan fingerprint density at radius 3 is 2.38 bits per heavy atom. The molecule has 1 aliphatic heterocycles. The van der Waals surface area contributed by atoms with Crippen LogP contribution >= 0.6 is 0 Å². The predicted molar refractivity (Wildman–Crippen MR) is 98.4 cm³/mol. The summed E-state index contributed by atoms with van der Waals surface area (Å²) in [6, 6.07) is 7.30. The van der Waals surface area contributed by atoms with E-state index in [-0.39, 0.29) is 24.2 Å². The van der Waals surface area contributed by atoms with Crippen LogP contribution in [-0.4, -0.2) is 30.8 Å². The van der Waals surface area contributed by atoms with E-state index in [9.17, 15) is 9.59 Å². The number of carbonyl (C=O) groups is 2. The smallest absolute Gasteiger partial charge is 0.261 e. The average Bonchev–Trinajstić information content (AvgIpc) is 2.84. The van der Waals surface area contributed by atoms with Crippen LogP contribution in [0.2, 0.25) is 0 Å². The zero-order valence-electron chi connectivity index (χ0n) is 15.9. The molecule has 1 heterocycles. The van der Waals surface area contributed by atoms with Crippen molar-refractivity contribution < 1.29 is 24.1 Å². The first-order valence-corrected chi connectivity index (χ1v) is 8.88. The number of ether oxygens (including phenoxy) is 1. The Hall–Kier alpha value is -2.02. The SMILES string of the molecule is CCCC(C)(C)OOCOCCc1ccc(N2C(=O)C=C(C)C2=O)cc1. The van der Waals surface area contributed by atoms with Crippen molar-refractivity contribution in [3.63, 3.8) is 0 Å². The Morgan fingerprint density at radius 2 is 1.81 bits per heavy atom. The van der Waals surface area contributed by atoms with Crippen LogP contribution in [0.25, 0.3) is 0 Å². The van der Waals surface area contributed by atoms with E-state index in [1.165, 1.54) is 11.0 Å². The molecule has 6 heteroatoms. The molecule has 0 saturated heterocycles. The predicted octanol–water partition coefficient (Wildman–Crippen LogP) is 3.55. The third kappa shape index (κ3) is 5.49. The van der Waals surface area contributed by atoms with E-state index in [4.69, 9.17) is 14.5 Å². The third-order valence-electron chi connectivity index (χ3n) is 4.10. The molecule has 1 aliphatic rings. The highest BCUT2D eigenvalue weighted by atomic mass is 17.2. The molecule has 0 atom stereocenters. The van der Waals surface area contributed by atoms with E-state index in [1.54, 1.807) is 19.1 Å². The molecule has 2 amide bonds. The van der Waals surface area contributed by atoms with Crippen molar-refractivity contribution >= 4 is 17.5 Å². The second kappa shape index (κ2) is 9.07. The van der Waals surface area contributed by atoms with Crippen LogP contribution in [0.15, 0.2) is 35.9 Å². The van der Waals surface area contributed by atoms with E-state index in [0.717, 1.165) is 18.4 Å². The van der Waals surface area contributed by atoms with Gasteiger partial charge < -0.3 is 4.74 Å². The van der Waals surface area contributed by atoms with Gasteiger partial charge in [0.25, 0.3) is 11.8 Å². The minimum absolute atomic E-state index is 0.0763. The normalized spacial score (nSPS) is 14.9. The second-order valence-electron chi connectivity index (χ2n) is 6.96. The molecule has 0 bridgehead atoms. The summed E-state index contributed by atoms with van der Waals surface area (Å²) < 4.78 is 5.42. The van der Waals surface area contributed by atoms with Crippen LogP contribution in [-0.2, 0) is 30.5 Å². The lowest BCUT2D eigenvalue weighted by molar-refractivity contribution is -0.385. The standard InChI is InChI=1S/C20H27NO5/c1-5-11-20(3,4)26-25-14-24-12-10-16-6-8-17(9-7-16)21-18(22)13-15(2)19(21)23/h6-9,13H,5,10-12,14H2,1-4H3. The fourth-order valence-electron chi connectivity index (χ4n) is 2.75. The molecule has 0 saturated carbocycles. The number of anilines is 1. The van der Waals surface area contributed by atoms with Crippen LogP contribution < -0.4 is 4.90 Å². The van der Waals surface area contributed by atoms with E-state index in [1.807, 2.05) is 26.0 Å². The summed E-state index contributed by atoms with van der Waals surface area (Å²) in [5.41, 5.74) is 1.76. The molecular weight excluding hydrogens is 334 g/mol. The molecule has 2 rings (SSSR count). The molecule has 0 fully saturated rings. The molecule has 0 N–H and O–H groups in total. The van der Waals surface area contributed by atoms with Gasteiger partial charge in [-0.3, -0.25) is 9.59 Å². The Balaban J connectivity index is 1.72. The first-order chi connectivity index (χ1) is 12.3. The number of carbonyl (C=O) groups excluding carboxylic acids is 2. The van der Waals surface area contributed by atoms with Crippen molar-refractivity contribution in [1.82, 2.24) is 0 Å². The maximum atomic E-state index is 12.0. The van der Waals surface area contributed by atoms with Crippen LogP contribution in [0.3, 0.4) is 0 Å². The van der Waals surface area contributed by atoms with Gasteiger partial charge in [0.15, 0.2) is 6.79 Å². The van der Waals surface area contributed by atoms with Gasteiger partial charge in [0, 0.05) is 11.6 Å². The first kappa shape index (κ1) is 20.3. The second-order valence-corrected chi connectivity index (χ2v) is 6.96.